The predicted molar refractivity (Wildman–Crippen MR) is 78.8 cm³/mol. The van der Waals surface area contributed by atoms with E-state index >= 15 is 0 Å². The Balaban J connectivity index is 1.66. The lowest BCUT2D eigenvalue weighted by Crippen LogP contribution is -2.59. The second-order valence-electron chi connectivity index (χ2n) is 5.95. The summed E-state index contributed by atoms with van der Waals surface area (Å²) in [6.07, 6.45) is 2.02. The summed E-state index contributed by atoms with van der Waals surface area (Å²) >= 11 is 0. The predicted octanol–water partition coefficient (Wildman–Crippen LogP) is 0.359. The molecule has 1 aromatic carbocycles. The van der Waals surface area contributed by atoms with Gasteiger partial charge in [0.2, 0.25) is 5.91 Å². The van der Waals surface area contributed by atoms with Crippen molar-refractivity contribution in [2.75, 3.05) is 19.8 Å². The molecule has 21 heavy (non-hydrogen) atoms. The van der Waals surface area contributed by atoms with Crippen LogP contribution in [0.5, 0.6) is 0 Å². The van der Waals surface area contributed by atoms with Crippen molar-refractivity contribution in [1.29, 1.82) is 0 Å². The molecule has 0 bridgehead atoms. The van der Waals surface area contributed by atoms with E-state index in [0.29, 0.717) is 39.0 Å². The molecule has 5 heteroatoms. The average Bonchev–Trinajstić information content (AvgIpc) is 2.55. The van der Waals surface area contributed by atoms with Gasteiger partial charge in [-0.15, -0.1) is 0 Å². The van der Waals surface area contributed by atoms with Crippen molar-refractivity contribution in [2.24, 2.45) is 0 Å². The van der Waals surface area contributed by atoms with Gasteiger partial charge in [0.1, 0.15) is 0 Å². The first kappa shape index (κ1) is 14.5. The Bertz CT molecular complexity index is 512. The average molecular weight is 290 g/mol. The van der Waals surface area contributed by atoms with Crippen LogP contribution < -0.4 is 10.6 Å². The number of fused-ring (bicyclic) bond motifs is 1. The second kappa shape index (κ2) is 6.13. The van der Waals surface area contributed by atoms with Gasteiger partial charge in [0.25, 0.3) is 0 Å². The zero-order chi connectivity index (χ0) is 14.7. The summed E-state index contributed by atoms with van der Waals surface area (Å²) in [7, 11) is 0. The summed E-state index contributed by atoms with van der Waals surface area (Å²) in [4.78, 5) is 12.5. The molecule has 2 aliphatic rings. The Labute approximate surface area is 124 Å². The summed E-state index contributed by atoms with van der Waals surface area (Å²) in [6.45, 7) is 1.85. The minimum atomic E-state index is -0.520. The van der Waals surface area contributed by atoms with Crippen LogP contribution in [0.25, 0.3) is 0 Å². The maximum absolute atomic E-state index is 12.5. The van der Waals surface area contributed by atoms with Crippen molar-refractivity contribution in [3.8, 4) is 0 Å². The SMILES string of the molecule is O=C(NC1(CO)CCOCC1)[C@H]1Cc2ccccc2CN1. The van der Waals surface area contributed by atoms with Gasteiger partial charge in [-0.05, 0) is 30.4 Å². The van der Waals surface area contributed by atoms with Crippen molar-refractivity contribution >= 4 is 5.91 Å². The number of carbonyl (C=O) groups excluding carboxylic acids is 1. The maximum atomic E-state index is 12.5. The Kier molecular flexibility index (Phi) is 4.24. The quantitative estimate of drug-likeness (QED) is 0.752. The van der Waals surface area contributed by atoms with Crippen LogP contribution in [0, 0.1) is 0 Å². The highest BCUT2D eigenvalue weighted by atomic mass is 16.5. The van der Waals surface area contributed by atoms with Gasteiger partial charge in [-0.25, -0.2) is 0 Å². The van der Waals surface area contributed by atoms with Crippen molar-refractivity contribution in [3.05, 3.63) is 35.4 Å². The molecule has 1 saturated heterocycles. The van der Waals surface area contributed by atoms with E-state index in [4.69, 9.17) is 4.74 Å². The lowest BCUT2D eigenvalue weighted by atomic mass is 9.89. The molecule has 0 saturated carbocycles. The summed E-state index contributed by atoms with van der Waals surface area (Å²) in [5, 5.41) is 16.0. The largest absolute Gasteiger partial charge is 0.394 e. The van der Waals surface area contributed by atoms with Crippen LogP contribution in [0.4, 0.5) is 0 Å². The van der Waals surface area contributed by atoms with E-state index in [1.54, 1.807) is 0 Å². The first-order valence-electron chi connectivity index (χ1n) is 7.53. The Morgan fingerprint density at radius 1 is 1.33 bits per heavy atom. The molecule has 1 aromatic rings. The number of amides is 1. The zero-order valence-corrected chi connectivity index (χ0v) is 12.1. The number of benzene rings is 1. The van der Waals surface area contributed by atoms with Crippen LogP contribution in [0.1, 0.15) is 24.0 Å². The smallest absolute Gasteiger partial charge is 0.238 e. The number of aliphatic hydroxyl groups excluding tert-OH is 1. The topological polar surface area (TPSA) is 70.6 Å². The summed E-state index contributed by atoms with van der Waals surface area (Å²) < 4.78 is 5.32. The van der Waals surface area contributed by atoms with Crippen LogP contribution in [0.15, 0.2) is 24.3 Å². The van der Waals surface area contributed by atoms with E-state index in [1.165, 1.54) is 11.1 Å². The summed E-state index contributed by atoms with van der Waals surface area (Å²) in [6, 6.07) is 7.96. The van der Waals surface area contributed by atoms with E-state index in [1.807, 2.05) is 12.1 Å². The fourth-order valence-electron chi connectivity index (χ4n) is 3.07. The van der Waals surface area contributed by atoms with Crippen molar-refractivity contribution in [2.45, 2.75) is 37.4 Å². The number of ether oxygens (including phenoxy) is 1. The molecule has 2 heterocycles. The fourth-order valence-corrected chi connectivity index (χ4v) is 3.07. The molecule has 5 nitrogen and oxygen atoms in total. The van der Waals surface area contributed by atoms with E-state index in [0.717, 1.165) is 0 Å². The highest BCUT2D eigenvalue weighted by Gasteiger charge is 2.36. The Morgan fingerprint density at radius 3 is 2.76 bits per heavy atom. The fraction of sp³-hybridized carbons (Fsp3) is 0.562. The third-order valence-electron chi connectivity index (χ3n) is 4.54. The highest BCUT2D eigenvalue weighted by molar-refractivity contribution is 5.83. The number of rotatable bonds is 3. The van der Waals surface area contributed by atoms with E-state index in [-0.39, 0.29) is 18.6 Å². The highest BCUT2D eigenvalue weighted by Crippen LogP contribution is 2.21. The monoisotopic (exact) mass is 290 g/mol. The van der Waals surface area contributed by atoms with E-state index < -0.39 is 5.54 Å². The molecule has 1 amide bonds. The maximum Gasteiger partial charge on any atom is 0.238 e. The normalized spacial score (nSPS) is 24.1. The minimum absolute atomic E-state index is 0.0274. The first-order valence-corrected chi connectivity index (χ1v) is 7.53. The van der Waals surface area contributed by atoms with E-state index in [9.17, 15) is 9.90 Å². The summed E-state index contributed by atoms with van der Waals surface area (Å²) in [5.41, 5.74) is 1.96. The van der Waals surface area contributed by atoms with Gasteiger partial charge in [0.05, 0.1) is 18.2 Å². The molecular formula is C16H22N2O3. The Morgan fingerprint density at radius 2 is 2.05 bits per heavy atom. The molecule has 0 aromatic heterocycles. The van der Waals surface area contributed by atoms with Crippen LogP contribution in [0.3, 0.4) is 0 Å². The van der Waals surface area contributed by atoms with Crippen molar-refractivity contribution in [1.82, 2.24) is 10.6 Å². The lowest BCUT2D eigenvalue weighted by molar-refractivity contribution is -0.127. The second-order valence-corrected chi connectivity index (χ2v) is 5.95. The van der Waals surface area contributed by atoms with Gasteiger partial charge in [0.15, 0.2) is 0 Å². The Hall–Kier alpha value is -1.43. The number of hydrogen-bond acceptors (Lipinski definition) is 4. The zero-order valence-electron chi connectivity index (χ0n) is 12.1. The molecule has 1 fully saturated rings. The molecule has 2 aliphatic heterocycles. The molecule has 3 N–H and O–H groups in total. The van der Waals surface area contributed by atoms with Gasteiger partial charge < -0.3 is 20.5 Å². The van der Waals surface area contributed by atoms with Crippen LogP contribution in [-0.2, 0) is 22.5 Å². The van der Waals surface area contributed by atoms with Gasteiger partial charge in [-0.1, -0.05) is 24.3 Å². The molecule has 1 atom stereocenters. The third kappa shape index (κ3) is 3.10. The number of aliphatic hydroxyl groups is 1. The number of nitrogens with one attached hydrogen (secondary N) is 2. The van der Waals surface area contributed by atoms with Crippen LogP contribution >= 0.6 is 0 Å². The molecule has 0 spiro atoms. The standard InChI is InChI=1S/C16H22N2O3/c19-11-16(5-7-21-8-6-16)18-15(20)14-9-12-3-1-2-4-13(12)10-17-14/h1-4,14,17,19H,5-11H2,(H,18,20)/t14-/m1/s1. The molecule has 0 unspecified atom stereocenters. The third-order valence-corrected chi connectivity index (χ3v) is 4.54. The molecule has 114 valence electrons. The molecule has 0 radical (unpaired) electrons. The lowest BCUT2D eigenvalue weighted by Gasteiger charge is -2.38. The van der Waals surface area contributed by atoms with Gasteiger partial charge in [-0.3, -0.25) is 4.79 Å². The number of carbonyl (C=O) groups is 1. The van der Waals surface area contributed by atoms with Crippen LogP contribution in [-0.4, -0.2) is 42.4 Å². The van der Waals surface area contributed by atoms with E-state index in [2.05, 4.69) is 22.8 Å². The van der Waals surface area contributed by atoms with Gasteiger partial charge >= 0.3 is 0 Å². The van der Waals surface area contributed by atoms with Gasteiger partial charge in [0, 0.05) is 19.8 Å². The van der Waals surface area contributed by atoms with Crippen molar-refractivity contribution < 1.29 is 14.6 Å². The molecule has 0 aliphatic carbocycles. The van der Waals surface area contributed by atoms with Crippen molar-refractivity contribution in [3.63, 3.8) is 0 Å². The number of hydrogen-bond donors (Lipinski definition) is 3. The first-order chi connectivity index (χ1) is 10.2. The van der Waals surface area contributed by atoms with Crippen LogP contribution in [0.2, 0.25) is 0 Å². The summed E-state index contributed by atoms with van der Waals surface area (Å²) in [5.74, 6) is -0.0274. The minimum Gasteiger partial charge on any atom is -0.394 e. The molecular weight excluding hydrogens is 268 g/mol. The van der Waals surface area contributed by atoms with Gasteiger partial charge in [-0.2, -0.15) is 0 Å². The molecule has 3 rings (SSSR count).